The van der Waals surface area contributed by atoms with Crippen LogP contribution in [0.15, 0.2) is 0 Å². The average Bonchev–Trinajstić information content (AvgIpc) is 2.37. The van der Waals surface area contributed by atoms with Gasteiger partial charge in [0, 0.05) is 12.6 Å². The Kier molecular flexibility index (Phi) is 6.05. The second kappa shape index (κ2) is 7.07. The van der Waals surface area contributed by atoms with E-state index in [0.717, 1.165) is 32.5 Å². The number of carbonyl (C=O) groups excluding carboxylic acids is 1. The molecule has 0 saturated carbocycles. The molecule has 0 amide bonds. The van der Waals surface area contributed by atoms with Crippen LogP contribution in [0.3, 0.4) is 0 Å². The van der Waals surface area contributed by atoms with Crippen molar-refractivity contribution in [2.75, 3.05) is 33.3 Å². The van der Waals surface area contributed by atoms with Crippen molar-refractivity contribution >= 4 is 5.97 Å². The zero-order valence-electron chi connectivity index (χ0n) is 11.7. The molecule has 2 N–H and O–H groups in total. The summed E-state index contributed by atoms with van der Waals surface area (Å²) < 4.78 is 4.57. The van der Waals surface area contributed by atoms with Gasteiger partial charge in [-0.1, -0.05) is 6.92 Å². The third-order valence-electron chi connectivity index (χ3n) is 3.49. The lowest BCUT2D eigenvalue weighted by Gasteiger charge is -2.33. The second-order valence-corrected chi connectivity index (χ2v) is 5.26. The van der Waals surface area contributed by atoms with Gasteiger partial charge in [-0.25, -0.2) is 4.79 Å². The van der Waals surface area contributed by atoms with Gasteiger partial charge in [0.2, 0.25) is 0 Å². The lowest BCUT2D eigenvalue weighted by molar-refractivity contribution is -0.160. The van der Waals surface area contributed by atoms with Crippen molar-refractivity contribution in [3.63, 3.8) is 0 Å². The average molecular weight is 258 g/mol. The zero-order valence-corrected chi connectivity index (χ0v) is 11.7. The van der Waals surface area contributed by atoms with Crippen molar-refractivity contribution in [2.24, 2.45) is 0 Å². The Labute approximate surface area is 109 Å². The molecule has 0 bridgehead atoms. The third-order valence-corrected chi connectivity index (χ3v) is 3.49. The molecule has 5 heteroatoms. The summed E-state index contributed by atoms with van der Waals surface area (Å²) in [5.74, 6) is -0.585. The van der Waals surface area contributed by atoms with Crippen LogP contribution in [0.1, 0.15) is 33.1 Å². The molecule has 5 nitrogen and oxygen atoms in total. The van der Waals surface area contributed by atoms with Gasteiger partial charge in [-0.2, -0.15) is 0 Å². The first-order valence-corrected chi connectivity index (χ1v) is 6.76. The molecule has 18 heavy (non-hydrogen) atoms. The second-order valence-electron chi connectivity index (χ2n) is 5.26. The van der Waals surface area contributed by atoms with Crippen LogP contribution < -0.4 is 5.32 Å². The molecular formula is C13H26N2O3. The predicted molar refractivity (Wildman–Crippen MR) is 70.4 cm³/mol. The van der Waals surface area contributed by atoms with E-state index < -0.39 is 11.6 Å². The molecule has 1 unspecified atom stereocenters. The Hall–Kier alpha value is -0.650. The smallest absolute Gasteiger partial charge is 0.338 e. The van der Waals surface area contributed by atoms with Crippen LogP contribution in [0.2, 0.25) is 0 Å². The summed E-state index contributed by atoms with van der Waals surface area (Å²) in [6.07, 6.45) is 3.32. The maximum absolute atomic E-state index is 11.3. The molecular weight excluding hydrogens is 232 g/mol. The summed E-state index contributed by atoms with van der Waals surface area (Å²) in [5, 5.41) is 13.2. The number of hydrogen-bond donors (Lipinski definition) is 2. The van der Waals surface area contributed by atoms with Gasteiger partial charge < -0.3 is 20.1 Å². The molecule has 106 valence electrons. The molecule has 1 rings (SSSR count). The number of esters is 1. The molecule has 0 aromatic carbocycles. The fourth-order valence-electron chi connectivity index (χ4n) is 2.31. The summed E-state index contributed by atoms with van der Waals surface area (Å²) in [4.78, 5) is 13.8. The molecule has 1 atom stereocenters. The van der Waals surface area contributed by atoms with E-state index >= 15 is 0 Å². The van der Waals surface area contributed by atoms with Crippen molar-refractivity contribution in [3.8, 4) is 0 Å². The third kappa shape index (κ3) is 4.55. The lowest BCUT2D eigenvalue weighted by atomic mass is 10.0. The molecule has 1 aliphatic heterocycles. The van der Waals surface area contributed by atoms with Crippen LogP contribution in [0.5, 0.6) is 0 Å². The van der Waals surface area contributed by atoms with Crippen LogP contribution in [0.25, 0.3) is 0 Å². The fraction of sp³-hybridized carbons (Fsp3) is 0.923. The lowest BCUT2D eigenvalue weighted by Crippen LogP contribution is -2.51. The van der Waals surface area contributed by atoms with E-state index in [1.54, 1.807) is 0 Å². The minimum absolute atomic E-state index is 0.248. The highest BCUT2D eigenvalue weighted by Crippen LogP contribution is 2.12. The van der Waals surface area contributed by atoms with E-state index in [9.17, 15) is 9.90 Å². The van der Waals surface area contributed by atoms with E-state index in [1.165, 1.54) is 20.5 Å². The summed E-state index contributed by atoms with van der Waals surface area (Å²) in [6, 6.07) is 0.384. The molecule has 1 heterocycles. The normalized spacial score (nSPS) is 21.6. The van der Waals surface area contributed by atoms with E-state index in [0.29, 0.717) is 6.04 Å². The van der Waals surface area contributed by atoms with Gasteiger partial charge >= 0.3 is 5.97 Å². The van der Waals surface area contributed by atoms with Crippen molar-refractivity contribution in [1.29, 1.82) is 0 Å². The Balaban J connectivity index is 2.27. The first-order valence-electron chi connectivity index (χ1n) is 6.76. The number of piperidine rings is 1. The SMILES string of the molecule is CCCN1CCC(NCC(C)(O)C(=O)OC)CC1. The monoisotopic (exact) mass is 258 g/mol. The molecule has 1 aliphatic rings. The van der Waals surface area contributed by atoms with Gasteiger partial charge in [-0.3, -0.25) is 0 Å². The van der Waals surface area contributed by atoms with E-state index in [-0.39, 0.29) is 6.54 Å². The number of carbonyl (C=O) groups is 1. The van der Waals surface area contributed by atoms with Crippen LogP contribution in [0, 0.1) is 0 Å². The highest BCUT2D eigenvalue weighted by atomic mass is 16.5. The van der Waals surface area contributed by atoms with Crippen LogP contribution in [-0.2, 0) is 9.53 Å². The minimum atomic E-state index is -1.44. The van der Waals surface area contributed by atoms with E-state index in [1.807, 2.05) is 0 Å². The minimum Gasteiger partial charge on any atom is -0.467 e. The quantitative estimate of drug-likeness (QED) is 0.674. The molecule has 0 aromatic heterocycles. The molecule has 0 radical (unpaired) electrons. The molecule has 0 spiro atoms. The first kappa shape index (κ1) is 15.4. The summed E-state index contributed by atoms with van der Waals surface area (Å²) >= 11 is 0. The zero-order chi connectivity index (χ0) is 13.6. The van der Waals surface area contributed by atoms with Crippen LogP contribution >= 0.6 is 0 Å². The number of hydrogen-bond acceptors (Lipinski definition) is 5. The number of rotatable bonds is 6. The number of methoxy groups -OCH3 is 1. The molecule has 1 fully saturated rings. The van der Waals surface area contributed by atoms with Gasteiger partial charge in [-0.05, 0) is 45.8 Å². The molecule has 1 saturated heterocycles. The van der Waals surface area contributed by atoms with E-state index in [2.05, 4.69) is 21.9 Å². The summed E-state index contributed by atoms with van der Waals surface area (Å²) in [6.45, 7) is 7.26. The maximum Gasteiger partial charge on any atom is 0.338 e. The van der Waals surface area contributed by atoms with Gasteiger partial charge in [0.05, 0.1) is 7.11 Å². The van der Waals surface area contributed by atoms with Crippen LogP contribution in [0.4, 0.5) is 0 Å². The molecule has 0 aromatic rings. The Morgan fingerprint density at radius 2 is 2.11 bits per heavy atom. The number of nitrogens with zero attached hydrogens (tertiary/aromatic N) is 1. The first-order chi connectivity index (χ1) is 8.49. The Morgan fingerprint density at radius 3 is 2.61 bits per heavy atom. The van der Waals surface area contributed by atoms with Gasteiger partial charge in [-0.15, -0.1) is 0 Å². The van der Waals surface area contributed by atoms with E-state index in [4.69, 9.17) is 0 Å². The molecule has 0 aliphatic carbocycles. The number of ether oxygens (including phenoxy) is 1. The van der Waals surface area contributed by atoms with Crippen molar-refractivity contribution in [3.05, 3.63) is 0 Å². The van der Waals surface area contributed by atoms with Crippen molar-refractivity contribution in [1.82, 2.24) is 10.2 Å². The van der Waals surface area contributed by atoms with Gasteiger partial charge in [0.1, 0.15) is 0 Å². The largest absolute Gasteiger partial charge is 0.467 e. The maximum atomic E-state index is 11.3. The Bertz CT molecular complexity index is 261. The number of aliphatic hydroxyl groups is 1. The van der Waals surface area contributed by atoms with Crippen molar-refractivity contribution in [2.45, 2.75) is 44.8 Å². The van der Waals surface area contributed by atoms with Gasteiger partial charge in [0.25, 0.3) is 0 Å². The standard InChI is InChI=1S/C13H26N2O3/c1-4-7-15-8-5-11(6-9-15)14-10-13(2,17)12(16)18-3/h11,14,17H,4-10H2,1-3H3. The topological polar surface area (TPSA) is 61.8 Å². The van der Waals surface area contributed by atoms with Crippen LogP contribution in [-0.4, -0.2) is 60.9 Å². The number of likely N-dealkylation sites (tertiary alicyclic amines) is 1. The van der Waals surface area contributed by atoms with Crippen molar-refractivity contribution < 1.29 is 14.6 Å². The number of nitrogens with one attached hydrogen (secondary N) is 1. The van der Waals surface area contributed by atoms with Gasteiger partial charge in [0.15, 0.2) is 5.60 Å². The highest BCUT2D eigenvalue weighted by molar-refractivity contribution is 5.78. The Morgan fingerprint density at radius 1 is 1.50 bits per heavy atom. The fourth-order valence-corrected chi connectivity index (χ4v) is 2.31. The summed E-state index contributed by atoms with van der Waals surface area (Å²) in [5.41, 5.74) is -1.44. The highest BCUT2D eigenvalue weighted by Gasteiger charge is 2.32. The predicted octanol–water partition coefficient (Wildman–Crippen LogP) is 0.374. The summed E-state index contributed by atoms with van der Waals surface area (Å²) in [7, 11) is 1.29.